The van der Waals surface area contributed by atoms with Gasteiger partial charge in [0, 0.05) is 12.1 Å². The smallest absolute Gasteiger partial charge is 0.345 e. The summed E-state index contributed by atoms with van der Waals surface area (Å²) in [6.45, 7) is 7.00. The second kappa shape index (κ2) is 10.2. The van der Waals surface area contributed by atoms with Crippen molar-refractivity contribution in [3.05, 3.63) is 107 Å². The zero-order valence-corrected chi connectivity index (χ0v) is 23.7. The summed E-state index contributed by atoms with van der Waals surface area (Å²) in [6.07, 6.45) is 0. The van der Waals surface area contributed by atoms with Crippen molar-refractivity contribution in [2.24, 2.45) is 0 Å². The number of hydrogen-bond acceptors (Lipinski definition) is 5. The van der Waals surface area contributed by atoms with Crippen LogP contribution in [0.5, 0.6) is 5.75 Å². The predicted molar refractivity (Wildman–Crippen MR) is 147 cm³/mol. The van der Waals surface area contributed by atoms with E-state index in [0.29, 0.717) is 21.1 Å². The maximum Gasteiger partial charge on any atom is 0.345 e. The van der Waals surface area contributed by atoms with Crippen LogP contribution in [-0.2, 0) is 35.9 Å². The van der Waals surface area contributed by atoms with E-state index in [4.69, 9.17) is 9.47 Å². The maximum absolute atomic E-state index is 13.3. The van der Waals surface area contributed by atoms with E-state index in [-0.39, 0.29) is 12.4 Å². The van der Waals surface area contributed by atoms with Crippen LogP contribution in [-0.4, -0.2) is 21.0 Å². The highest BCUT2D eigenvalue weighted by molar-refractivity contribution is 8.00. The standard InChI is InChI=1S/C31H28FO5S2/c1-20-17-24(38-25-9-5-7-11-27(25)39(34,35)28-12-8-6-10-26(28)38)18-21(2)30(20)36-19-29(33)37-31(3,4)22-13-15-23(32)16-14-22/h5-18H,19H2,1-4H3/q+1. The van der Waals surface area contributed by atoms with E-state index in [1.165, 1.54) is 12.1 Å². The second-order valence-corrected chi connectivity index (χ2v) is 13.7. The van der Waals surface area contributed by atoms with Gasteiger partial charge in [0.15, 0.2) is 21.3 Å². The number of esters is 1. The molecule has 0 saturated heterocycles. The third-order valence-electron chi connectivity index (χ3n) is 6.63. The average Bonchev–Trinajstić information content (AvgIpc) is 2.88. The number of sulfone groups is 1. The largest absolute Gasteiger partial charge is 0.481 e. The van der Waals surface area contributed by atoms with Gasteiger partial charge in [-0.15, -0.1) is 0 Å². The molecule has 0 aliphatic carbocycles. The van der Waals surface area contributed by atoms with Crippen LogP contribution >= 0.6 is 0 Å². The van der Waals surface area contributed by atoms with E-state index < -0.39 is 32.3 Å². The number of carbonyl (C=O) groups excluding carboxylic acids is 1. The first-order valence-corrected chi connectivity index (χ1v) is 15.1. The fourth-order valence-electron chi connectivity index (χ4n) is 4.78. The highest BCUT2D eigenvalue weighted by Crippen LogP contribution is 2.45. The van der Waals surface area contributed by atoms with Crippen molar-refractivity contribution in [1.29, 1.82) is 0 Å². The Labute approximate surface area is 230 Å². The lowest BCUT2D eigenvalue weighted by molar-refractivity contribution is -0.159. The molecule has 1 heterocycles. The van der Waals surface area contributed by atoms with Crippen LogP contribution < -0.4 is 4.74 Å². The van der Waals surface area contributed by atoms with E-state index in [0.717, 1.165) is 25.8 Å². The van der Waals surface area contributed by atoms with Crippen molar-refractivity contribution in [1.82, 2.24) is 0 Å². The zero-order chi connectivity index (χ0) is 27.9. The number of halogens is 1. The van der Waals surface area contributed by atoms with Gasteiger partial charge in [-0.05, 0) is 80.8 Å². The third-order valence-corrected chi connectivity index (χ3v) is 11.1. The molecule has 1 aliphatic heterocycles. The molecule has 1 aliphatic rings. The van der Waals surface area contributed by atoms with Gasteiger partial charge in [-0.25, -0.2) is 17.6 Å². The van der Waals surface area contributed by atoms with Gasteiger partial charge in [-0.1, -0.05) is 36.4 Å². The fourth-order valence-corrected chi connectivity index (χ4v) is 9.66. The summed E-state index contributed by atoms with van der Waals surface area (Å²) >= 11 is 0. The quantitative estimate of drug-likeness (QED) is 0.173. The molecule has 4 aromatic carbocycles. The Kier molecular flexibility index (Phi) is 7.03. The van der Waals surface area contributed by atoms with E-state index in [1.54, 1.807) is 50.2 Å². The Bertz CT molecular complexity index is 1600. The Balaban J connectivity index is 1.41. The van der Waals surface area contributed by atoms with Crippen molar-refractivity contribution in [3.63, 3.8) is 0 Å². The number of rotatable bonds is 6. The first-order valence-electron chi connectivity index (χ1n) is 12.4. The second-order valence-electron chi connectivity index (χ2n) is 9.87. The Morgan fingerprint density at radius 3 is 1.90 bits per heavy atom. The molecule has 5 nitrogen and oxygen atoms in total. The average molecular weight is 564 g/mol. The normalized spacial score (nSPS) is 14.3. The van der Waals surface area contributed by atoms with E-state index in [9.17, 15) is 17.6 Å². The minimum atomic E-state index is -3.61. The number of hydrogen-bond donors (Lipinski definition) is 0. The topological polar surface area (TPSA) is 69.7 Å². The molecular weight excluding hydrogens is 535 g/mol. The molecule has 0 spiro atoms. The summed E-state index contributed by atoms with van der Waals surface area (Å²) < 4.78 is 51.5. The van der Waals surface area contributed by atoms with Crippen LogP contribution in [0.4, 0.5) is 4.39 Å². The van der Waals surface area contributed by atoms with Gasteiger partial charge in [0.25, 0.3) is 0 Å². The SMILES string of the molecule is Cc1cc([S+]2c3ccccc3S(=O)(=O)c3ccccc32)cc(C)c1OCC(=O)OC(C)(C)c1ccc(F)cc1. The van der Waals surface area contributed by atoms with Crippen molar-refractivity contribution >= 4 is 26.7 Å². The van der Waals surface area contributed by atoms with Crippen LogP contribution in [0.15, 0.2) is 109 Å². The molecule has 0 saturated carbocycles. The van der Waals surface area contributed by atoms with Crippen LogP contribution in [0.3, 0.4) is 0 Å². The number of fused-ring (bicyclic) bond motifs is 2. The summed E-state index contributed by atoms with van der Waals surface area (Å²) in [5.41, 5.74) is 1.37. The number of aryl methyl sites for hydroxylation is 2. The van der Waals surface area contributed by atoms with Gasteiger partial charge >= 0.3 is 5.97 Å². The maximum atomic E-state index is 13.3. The van der Waals surface area contributed by atoms with Gasteiger partial charge < -0.3 is 9.47 Å². The Morgan fingerprint density at radius 2 is 1.36 bits per heavy atom. The molecule has 4 aromatic rings. The number of benzene rings is 4. The molecule has 0 fully saturated rings. The highest BCUT2D eigenvalue weighted by atomic mass is 32.2. The lowest BCUT2D eigenvalue weighted by atomic mass is 9.98. The first-order chi connectivity index (χ1) is 18.5. The van der Waals surface area contributed by atoms with Gasteiger partial charge in [-0.3, -0.25) is 0 Å². The van der Waals surface area contributed by atoms with Crippen molar-refractivity contribution in [2.45, 2.75) is 57.8 Å². The zero-order valence-electron chi connectivity index (χ0n) is 22.0. The summed E-state index contributed by atoms with van der Waals surface area (Å²) in [4.78, 5) is 15.8. The molecule has 0 unspecified atom stereocenters. The third kappa shape index (κ3) is 5.06. The lowest BCUT2D eigenvalue weighted by Gasteiger charge is -2.26. The van der Waals surface area contributed by atoms with Crippen LogP contribution in [0.25, 0.3) is 0 Å². The Morgan fingerprint density at radius 1 is 0.846 bits per heavy atom. The van der Waals surface area contributed by atoms with Crippen molar-refractivity contribution in [3.8, 4) is 5.75 Å². The Hall–Kier alpha value is -3.62. The minimum absolute atomic E-state index is 0.290. The first kappa shape index (κ1) is 27.0. The molecule has 39 heavy (non-hydrogen) atoms. The lowest BCUT2D eigenvalue weighted by Crippen LogP contribution is -2.28. The molecule has 200 valence electrons. The van der Waals surface area contributed by atoms with E-state index in [1.807, 2.05) is 50.2 Å². The molecule has 0 bridgehead atoms. The molecule has 0 atom stereocenters. The van der Waals surface area contributed by atoms with Crippen LogP contribution in [0, 0.1) is 19.7 Å². The number of ether oxygens (including phenoxy) is 2. The molecule has 5 rings (SSSR count). The summed E-state index contributed by atoms with van der Waals surface area (Å²) in [5.74, 6) is -0.333. The molecule has 8 heteroatoms. The van der Waals surface area contributed by atoms with Crippen LogP contribution in [0.1, 0.15) is 30.5 Å². The van der Waals surface area contributed by atoms with E-state index in [2.05, 4.69) is 0 Å². The van der Waals surface area contributed by atoms with Crippen LogP contribution in [0.2, 0.25) is 0 Å². The number of carbonyl (C=O) groups is 1. The molecule has 0 aromatic heterocycles. The fraction of sp³-hybridized carbons (Fsp3) is 0.194. The molecule has 0 amide bonds. The molecule has 0 radical (unpaired) electrons. The van der Waals surface area contributed by atoms with Crippen molar-refractivity contribution < 1.29 is 27.1 Å². The highest BCUT2D eigenvalue weighted by Gasteiger charge is 2.45. The predicted octanol–water partition coefficient (Wildman–Crippen LogP) is 6.54. The van der Waals surface area contributed by atoms with Gasteiger partial charge in [-0.2, -0.15) is 0 Å². The molecule has 0 N–H and O–H groups in total. The van der Waals surface area contributed by atoms with Gasteiger partial charge in [0.1, 0.15) is 37.9 Å². The minimum Gasteiger partial charge on any atom is -0.481 e. The summed E-state index contributed by atoms with van der Waals surface area (Å²) in [5, 5.41) is 0. The summed E-state index contributed by atoms with van der Waals surface area (Å²) in [7, 11) is -4.25. The monoisotopic (exact) mass is 563 g/mol. The van der Waals surface area contributed by atoms with E-state index >= 15 is 0 Å². The molecular formula is C31H28FO5S2+. The summed E-state index contributed by atoms with van der Waals surface area (Å²) in [6, 6.07) is 24.1. The van der Waals surface area contributed by atoms with Gasteiger partial charge in [0.05, 0.1) is 0 Å². The van der Waals surface area contributed by atoms with Crippen molar-refractivity contribution in [2.75, 3.05) is 6.61 Å². The van der Waals surface area contributed by atoms with Gasteiger partial charge in [0.2, 0.25) is 9.84 Å².